The Hall–Kier alpha value is -1.63. The third kappa shape index (κ3) is 5.63. The molecule has 2 rings (SSSR count). The number of hydrogen-bond acceptors (Lipinski definition) is 6. The molecule has 0 bridgehead atoms. The van der Waals surface area contributed by atoms with E-state index in [4.69, 9.17) is 4.74 Å². The summed E-state index contributed by atoms with van der Waals surface area (Å²) < 4.78 is 5.62. The normalized spacial score (nSPS) is 12.4. The van der Waals surface area contributed by atoms with E-state index in [1.54, 1.807) is 12.4 Å². The number of nitrogens with one attached hydrogen (secondary N) is 1. The van der Waals surface area contributed by atoms with Crippen LogP contribution in [0.5, 0.6) is 5.88 Å². The first-order valence-electron chi connectivity index (χ1n) is 7.23. The Balaban J connectivity index is 1.94. The number of aromatic nitrogens is 2. The monoisotopic (exact) mass is 319 g/mol. The molecule has 5 nitrogen and oxygen atoms in total. The van der Waals surface area contributed by atoms with Crippen molar-refractivity contribution in [3.63, 3.8) is 0 Å². The number of aliphatic hydroxyl groups excluding tert-OH is 1. The minimum absolute atomic E-state index is 0.181. The predicted octanol–water partition coefficient (Wildman–Crippen LogP) is 2.37. The highest BCUT2D eigenvalue weighted by molar-refractivity contribution is 7.99. The SMILES string of the molecule is CC(C)NCC(O)COc1nccnc1Sc1ccccc1. The lowest BCUT2D eigenvalue weighted by molar-refractivity contribution is 0.0999. The Morgan fingerprint density at radius 3 is 2.64 bits per heavy atom. The van der Waals surface area contributed by atoms with Crippen LogP contribution >= 0.6 is 11.8 Å². The van der Waals surface area contributed by atoms with E-state index in [9.17, 15) is 5.11 Å². The Bertz CT molecular complexity index is 566. The van der Waals surface area contributed by atoms with Gasteiger partial charge in [-0.1, -0.05) is 43.8 Å². The summed E-state index contributed by atoms with van der Waals surface area (Å²) in [4.78, 5) is 9.57. The van der Waals surface area contributed by atoms with E-state index in [1.165, 1.54) is 11.8 Å². The maximum Gasteiger partial charge on any atom is 0.247 e. The minimum Gasteiger partial charge on any atom is -0.473 e. The smallest absolute Gasteiger partial charge is 0.247 e. The van der Waals surface area contributed by atoms with Crippen molar-refractivity contribution in [3.05, 3.63) is 42.7 Å². The lowest BCUT2D eigenvalue weighted by Crippen LogP contribution is -2.35. The van der Waals surface area contributed by atoms with E-state index in [0.717, 1.165) is 4.90 Å². The Kier molecular flexibility index (Phi) is 6.64. The van der Waals surface area contributed by atoms with Crippen molar-refractivity contribution in [1.82, 2.24) is 15.3 Å². The summed E-state index contributed by atoms with van der Waals surface area (Å²) in [5.41, 5.74) is 0. The molecule has 0 aliphatic heterocycles. The second kappa shape index (κ2) is 8.73. The van der Waals surface area contributed by atoms with Crippen molar-refractivity contribution in [2.24, 2.45) is 0 Å². The van der Waals surface area contributed by atoms with Crippen LogP contribution in [0.15, 0.2) is 52.6 Å². The molecule has 0 saturated heterocycles. The molecule has 0 saturated carbocycles. The van der Waals surface area contributed by atoms with E-state index < -0.39 is 6.10 Å². The maximum atomic E-state index is 9.90. The lowest BCUT2D eigenvalue weighted by Gasteiger charge is -2.15. The van der Waals surface area contributed by atoms with E-state index in [2.05, 4.69) is 15.3 Å². The van der Waals surface area contributed by atoms with Crippen molar-refractivity contribution in [2.75, 3.05) is 13.2 Å². The van der Waals surface area contributed by atoms with Crippen LogP contribution in [0, 0.1) is 0 Å². The van der Waals surface area contributed by atoms with Gasteiger partial charge in [-0.15, -0.1) is 0 Å². The van der Waals surface area contributed by atoms with Gasteiger partial charge < -0.3 is 15.2 Å². The molecule has 1 atom stereocenters. The third-order valence-electron chi connectivity index (χ3n) is 2.77. The van der Waals surface area contributed by atoms with Crippen molar-refractivity contribution in [2.45, 2.75) is 35.9 Å². The standard InChI is InChI=1S/C16H21N3O2S/c1-12(2)19-10-13(20)11-21-15-16(18-9-8-17-15)22-14-6-4-3-5-7-14/h3-9,12-13,19-20H,10-11H2,1-2H3. The molecule has 0 spiro atoms. The van der Waals surface area contributed by atoms with Crippen LogP contribution in [-0.4, -0.2) is 40.4 Å². The molecule has 0 fully saturated rings. The van der Waals surface area contributed by atoms with Crippen LogP contribution in [0.2, 0.25) is 0 Å². The van der Waals surface area contributed by atoms with Gasteiger partial charge in [0.15, 0.2) is 5.03 Å². The fourth-order valence-corrected chi connectivity index (χ4v) is 2.52. The number of ether oxygens (including phenoxy) is 1. The van der Waals surface area contributed by atoms with E-state index in [1.807, 2.05) is 44.2 Å². The van der Waals surface area contributed by atoms with Gasteiger partial charge in [-0.3, -0.25) is 0 Å². The van der Waals surface area contributed by atoms with E-state index in [0.29, 0.717) is 23.5 Å². The molecule has 118 valence electrons. The quantitative estimate of drug-likeness (QED) is 0.778. The molecule has 1 aromatic heterocycles. The Morgan fingerprint density at radius 1 is 1.18 bits per heavy atom. The molecule has 1 heterocycles. The minimum atomic E-state index is -0.584. The average molecular weight is 319 g/mol. The summed E-state index contributed by atoms with van der Waals surface area (Å²) in [5, 5.41) is 13.8. The van der Waals surface area contributed by atoms with Crippen LogP contribution in [0.1, 0.15) is 13.8 Å². The fraction of sp³-hybridized carbons (Fsp3) is 0.375. The second-order valence-corrected chi connectivity index (χ2v) is 6.17. The van der Waals surface area contributed by atoms with Crippen molar-refractivity contribution in [3.8, 4) is 5.88 Å². The summed E-state index contributed by atoms with van der Waals surface area (Å²) in [6.07, 6.45) is 2.64. The largest absolute Gasteiger partial charge is 0.473 e. The Morgan fingerprint density at radius 2 is 1.91 bits per heavy atom. The molecule has 1 unspecified atom stereocenters. The highest BCUT2D eigenvalue weighted by Crippen LogP contribution is 2.31. The van der Waals surface area contributed by atoms with Gasteiger partial charge in [0, 0.05) is 29.9 Å². The van der Waals surface area contributed by atoms with Crippen LogP contribution in [-0.2, 0) is 0 Å². The second-order valence-electron chi connectivity index (χ2n) is 5.11. The highest BCUT2D eigenvalue weighted by atomic mass is 32.2. The lowest BCUT2D eigenvalue weighted by atomic mass is 10.3. The zero-order valence-electron chi connectivity index (χ0n) is 12.8. The molecule has 0 amide bonds. The summed E-state index contributed by atoms with van der Waals surface area (Å²) in [6, 6.07) is 10.3. The van der Waals surface area contributed by atoms with Crippen LogP contribution < -0.4 is 10.1 Å². The number of benzene rings is 1. The first-order valence-corrected chi connectivity index (χ1v) is 8.05. The number of rotatable bonds is 8. The number of aliphatic hydroxyl groups is 1. The topological polar surface area (TPSA) is 67.3 Å². The van der Waals surface area contributed by atoms with Crippen molar-refractivity contribution < 1.29 is 9.84 Å². The van der Waals surface area contributed by atoms with Gasteiger partial charge in [0.2, 0.25) is 5.88 Å². The summed E-state index contributed by atoms with van der Waals surface area (Å²) in [5.74, 6) is 0.444. The van der Waals surface area contributed by atoms with Gasteiger partial charge in [0.1, 0.15) is 12.7 Å². The fourth-order valence-electron chi connectivity index (χ4n) is 1.69. The zero-order chi connectivity index (χ0) is 15.8. The highest BCUT2D eigenvalue weighted by Gasteiger charge is 2.11. The molecule has 2 N–H and O–H groups in total. The molecule has 2 aromatic rings. The zero-order valence-corrected chi connectivity index (χ0v) is 13.6. The molecule has 22 heavy (non-hydrogen) atoms. The van der Waals surface area contributed by atoms with Crippen molar-refractivity contribution in [1.29, 1.82) is 0 Å². The predicted molar refractivity (Wildman–Crippen MR) is 87.2 cm³/mol. The molecular weight excluding hydrogens is 298 g/mol. The first-order chi connectivity index (χ1) is 10.6. The molecule has 0 aliphatic rings. The summed E-state index contributed by atoms with van der Waals surface area (Å²) >= 11 is 1.49. The van der Waals surface area contributed by atoms with E-state index in [-0.39, 0.29) is 6.61 Å². The number of hydrogen-bond donors (Lipinski definition) is 2. The molecule has 6 heteroatoms. The molecule has 1 aromatic carbocycles. The summed E-state index contributed by atoms with van der Waals surface area (Å²) in [6.45, 7) is 4.73. The summed E-state index contributed by atoms with van der Waals surface area (Å²) in [7, 11) is 0. The van der Waals surface area contributed by atoms with Crippen LogP contribution in [0.3, 0.4) is 0 Å². The van der Waals surface area contributed by atoms with Gasteiger partial charge in [-0.2, -0.15) is 0 Å². The maximum absolute atomic E-state index is 9.90. The van der Waals surface area contributed by atoms with Gasteiger partial charge in [-0.05, 0) is 12.1 Å². The van der Waals surface area contributed by atoms with E-state index >= 15 is 0 Å². The molecular formula is C16H21N3O2S. The average Bonchev–Trinajstić information content (AvgIpc) is 2.53. The van der Waals surface area contributed by atoms with Gasteiger partial charge in [0.25, 0.3) is 0 Å². The third-order valence-corrected chi connectivity index (χ3v) is 3.75. The van der Waals surface area contributed by atoms with Crippen molar-refractivity contribution >= 4 is 11.8 Å². The van der Waals surface area contributed by atoms with Gasteiger partial charge in [-0.25, -0.2) is 9.97 Å². The number of nitrogens with zero attached hydrogens (tertiary/aromatic N) is 2. The van der Waals surface area contributed by atoms with Gasteiger partial charge >= 0.3 is 0 Å². The molecule has 0 aliphatic carbocycles. The molecule has 0 radical (unpaired) electrons. The first kappa shape index (κ1) is 16.7. The van der Waals surface area contributed by atoms with Crippen LogP contribution in [0.25, 0.3) is 0 Å². The Labute approximate surface area is 135 Å². The van der Waals surface area contributed by atoms with Crippen LogP contribution in [0.4, 0.5) is 0 Å². The van der Waals surface area contributed by atoms with Gasteiger partial charge in [0.05, 0.1) is 0 Å².